The Bertz CT molecular complexity index is 780. The number of alkyl halides is 1. The van der Waals surface area contributed by atoms with Gasteiger partial charge in [0.1, 0.15) is 12.4 Å². The molecule has 0 radical (unpaired) electrons. The average Bonchev–Trinajstić information content (AvgIpc) is 3.54. The van der Waals surface area contributed by atoms with Crippen LogP contribution in [-0.2, 0) is 22.7 Å². The molecule has 1 heterocycles. The van der Waals surface area contributed by atoms with E-state index in [1.54, 1.807) is 6.20 Å². The minimum atomic E-state index is 0.103. The predicted octanol–water partition coefficient (Wildman–Crippen LogP) is 4.30. The molecule has 1 N–H and O–H groups in total. The number of halogens is 1. The third-order valence-corrected chi connectivity index (χ3v) is 5.44. The van der Waals surface area contributed by atoms with Gasteiger partial charge in [-0.1, -0.05) is 37.1 Å². The number of benzene rings is 1. The average molecular weight is 403 g/mol. The van der Waals surface area contributed by atoms with Gasteiger partial charge >= 0.3 is 0 Å². The van der Waals surface area contributed by atoms with Crippen molar-refractivity contribution in [3.63, 3.8) is 0 Å². The third-order valence-electron chi connectivity index (χ3n) is 5.01. The fraction of sp³-hybridized carbons (Fsp3) is 0.476. The van der Waals surface area contributed by atoms with Gasteiger partial charge in [0.05, 0.1) is 10.9 Å². The summed E-state index contributed by atoms with van der Waals surface area (Å²) in [6, 6.07) is 8.40. The molecule has 6 nitrogen and oxygen atoms in total. The molecule has 0 aliphatic heterocycles. The number of nitrogens with one attached hydrogen (secondary N) is 1. The van der Waals surface area contributed by atoms with Gasteiger partial charge in [-0.05, 0) is 30.4 Å². The van der Waals surface area contributed by atoms with Crippen LogP contribution in [0.1, 0.15) is 48.3 Å². The Hall–Kier alpha value is -2.34. The van der Waals surface area contributed by atoms with Crippen LogP contribution in [0.2, 0.25) is 0 Å². The molecule has 1 aliphatic rings. The van der Waals surface area contributed by atoms with Gasteiger partial charge in [-0.25, -0.2) is 4.98 Å². The second kappa shape index (κ2) is 9.73. The predicted molar refractivity (Wildman–Crippen MR) is 112 cm³/mol. The van der Waals surface area contributed by atoms with Gasteiger partial charge in [-0.2, -0.15) is 4.98 Å². The standard InChI is InChI=1S/C21H27ClN4O2/c1-3-26(2)20-18(13-28-14-27)12-24-21(25-20)23-11-16-6-8-17(9-7-16)19(22)10-15-4-5-15/h6-9,12,14-15,19H,3-5,10-11,13H2,1-2H3,(H,23,24,25). The fourth-order valence-corrected chi connectivity index (χ4v) is 3.39. The maximum Gasteiger partial charge on any atom is 0.293 e. The third kappa shape index (κ3) is 5.58. The number of hydrogen-bond donors (Lipinski definition) is 1. The maximum absolute atomic E-state index is 10.5. The fourth-order valence-electron chi connectivity index (χ4n) is 3.00. The summed E-state index contributed by atoms with van der Waals surface area (Å²) in [4.78, 5) is 21.4. The molecule has 1 unspecified atom stereocenters. The Balaban J connectivity index is 1.62. The molecule has 1 fully saturated rings. The van der Waals surface area contributed by atoms with Crippen molar-refractivity contribution in [2.45, 2.75) is 44.7 Å². The van der Waals surface area contributed by atoms with Crippen molar-refractivity contribution in [3.05, 3.63) is 47.2 Å². The maximum atomic E-state index is 10.5. The smallest absolute Gasteiger partial charge is 0.293 e. The summed E-state index contributed by atoms with van der Waals surface area (Å²) in [6.45, 7) is 4.03. The van der Waals surface area contributed by atoms with Gasteiger partial charge < -0.3 is 15.0 Å². The van der Waals surface area contributed by atoms with Crippen molar-refractivity contribution in [1.29, 1.82) is 0 Å². The minimum absolute atomic E-state index is 0.103. The lowest BCUT2D eigenvalue weighted by atomic mass is 10.0. The zero-order chi connectivity index (χ0) is 19.9. The summed E-state index contributed by atoms with van der Waals surface area (Å²) in [7, 11) is 1.94. The molecule has 0 spiro atoms. The van der Waals surface area contributed by atoms with Crippen molar-refractivity contribution in [2.75, 3.05) is 23.8 Å². The molecule has 28 heavy (non-hydrogen) atoms. The molecule has 150 valence electrons. The van der Waals surface area contributed by atoms with Crippen LogP contribution in [0.25, 0.3) is 0 Å². The van der Waals surface area contributed by atoms with Gasteiger partial charge in [0.15, 0.2) is 0 Å². The van der Waals surface area contributed by atoms with E-state index >= 15 is 0 Å². The normalized spacial score (nSPS) is 14.4. The first kappa shape index (κ1) is 20.4. The lowest BCUT2D eigenvalue weighted by molar-refractivity contribution is -0.129. The van der Waals surface area contributed by atoms with Crippen LogP contribution >= 0.6 is 11.6 Å². The topological polar surface area (TPSA) is 67.3 Å². The summed E-state index contributed by atoms with van der Waals surface area (Å²) in [6.07, 6.45) is 5.40. The number of nitrogens with zero attached hydrogens (tertiary/aromatic N) is 3. The van der Waals surface area contributed by atoms with Gasteiger partial charge in [-0.15, -0.1) is 11.6 Å². The van der Waals surface area contributed by atoms with Crippen LogP contribution in [0.4, 0.5) is 11.8 Å². The molecule has 2 aromatic rings. The molecule has 0 bridgehead atoms. The van der Waals surface area contributed by atoms with E-state index in [0.29, 0.717) is 19.0 Å². The van der Waals surface area contributed by atoms with Crippen molar-refractivity contribution < 1.29 is 9.53 Å². The molecular formula is C21H27ClN4O2. The minimum Gasteiger partial charge on any atom is -0.463 e. The Morgan fingerprint density at radius 2 is 2.11 bits per heavy atom. The molecule has 7 heteroatoms. The van der Waals surface area contributed by atoms with Gasteiger partial charge in [0.2, 0.25) is 5.95 Å². The first-order valence-corrected chi connectivity index (χ1v) is 10.1. The van der Waals surface area contributed by atoms with E-state index in [4.69, 9.17) is 16.3 Å². The number of aromatic nitrogens is 2. The SMILES string of the molecule is CCN(C)c1nc(NCc2ccc(C(Cl)CC3CC3)cc2)ncc1COC=O. The first-order valence-electron chi connectivity index (χ1n) is 9.69. The Kier molecular flexibility index (Phi) is 7.09. The van der Waals surface area contributed by atoms with E-state index in [9.17, 15) is 4.79 Å². The summed E-state index contributed by atoms with van der Waals surface area (Å²) < 4.78 is 4.86. The van der Waals surface area contributed by atoms with Crippen molar-refractivity contribution in [2.24, 2.45) is 5.92 Å². The lowest BCUT2D eigenvalue weighted by Gasteiger charge is -2.19. The van der Waals surface area contributed by atoms with Crippen LogP contribution < -0.4 is 10.2 Å². The molecule has 3 rings (SSSR count). The molecule has 1 aliphatic carbocycles. The number of hydrogen-bond acceptors (Lipinski definition) is 6. The van der Waals surface area contributed by atoms with E-state index in [2.05, 4.69) is 39.6 Å². The van der Waals surface area contributed by atoms with Crippen LogP contribution in [0.15, 0.2) is 30.5 Å². The summed E-state index contributed by atoms with van der Waals surface area (Å²) in [5.41, 5.74) is 3.09. The second-order valence-corrected chi connectivity index (χ2v) is 7.73. The number of carbonyl (C=O) groups is 1. The molecule has 1 aromatic heterocycles. The molecule has 1 aromatic carbocycles. The van der Waals surface area contributed by atoms with Crippen molar-refractivity contribution in [3.8, 4) is 0 Å². The van der Waals surface area contributed by atoms with E-state index in [0.717, 1.165) is 35.8 Å². The molecule has 1 saturated carbocycles. The monoisotopic (exact) mass is 402 g/mol. The summed E-state index contributed by atoms with van der Waals surface area (Å²) in [5, 5.41) is 3.37. The second-order valence-electron chi connectivity index (χ2n) is 7.21. The first-order chi connectivity index (χ1) is 13.6. The molecule has 0 saturated heterocycles. The van der Waals surface area contributed by atoms with Crippen molar-refractivity contribution >= 4 is 29.8 Å². The highest BCUT2D eigenvalue weighted by atomic mass is 35.5. The highest BCUT2D eigenvalue weighted by molar-refractivity contribution is 6.20. The highest BCUT2D eigenvalue weighted by Gasteiger charge is 2.25. The zero-order valence-electron chi connectivity index (χ0n) is 16.4. The summed E-state index contributed by atoms with van der Waals surface area (Å²) in [5.74, 6) is 2.11. The van der Waals surface area contributed by atoms with Crippen LogP contribution in [0.5, 0.6) is 0 Å². The van der Waals surface area contributed by atoms with Crippen molar-refractivity contribution in [1.82, 2.24) is 9.97 Å². The summed E-state index contributed by atoms with van der Waals surface area (Å²) >= 11 is 6.51. The van der Waals surface area contributed by atoms with Crippen LogP contribution in [-0.4, -0.2) is 30.0 Å². The Labute approximate surface area is 171 Å². The Morgan fingerprint density at radius 3 is 2.75 bits per heavy atom. The largest absolute Gasteiger partial charge is 0.463 e. The van der Waals surface area contributed by atoms with E-state index in [-0.39, 0.29) is 12.0 Å². The molecule has 1 atom stereocenters. The lowest BCUT2D eigenvalue weighted by Crippen LogP contribution is -2.20. The number of rotatable bonds is 11. The number of ether oxygens (including phenoxy) is 1. The zero-order valence-corrected chi connectivity index (χ0v) is 17.2. The molecule has 0 amide bonds. The number of carbonyl (C=O) groups excluding carboxylic acids is 1. The highest BCUT2D eigenvalue weighted by Crippen LogP contribution is 2.40. The quantitative estimate of drug-likeness (QED) is 0.446. The van der Waals surface area contributed by atoms with E-state index < -0.39 is 0 Å². The van der Waals surface area contributed by atoms with E-state index in [1.165, 1.54) is 18.4 Å². The van der Waals surface area contributed by atoms with Crippen LogP contribution in [0.3, 0.4) is 0 Å². The van der Waals surface area contributed by atoms with E-state index in [1.807, 2.05) is 18.9 Å². The van der Waals surface area contributed by atoms with Gasteiger partial charge in [0, 0.05) is 26.3 Å². The number of anilines is 2. The van der Waals surface area contributed by atoms with Gasteiger partial charge in [0.25, 0.3) is 6.47 Å². The van der Waals surface area contributed by atoms with Gasteiger partial charge in [-0.3, -0.25) is 4.79 Å². The molecular weight excluding hydrogens is 376 g/mol. The Morgan fingerprint density at radius 1 is 1.36 bits per heavy atom. The van der Waals surface area contributed by atoms with Crippen LogP contribution in [0, 0.1) is 5.92 Å².